The van der Waals surface area contributed by atoms with Crippen LogP contribution in [0.5, 0.6) is 0 Å². The quantitative estimate of drug-likeness (QED) is 0.784. The zero-order valence-electron chi connectivity index (χ0n) is 8.72. The fraction of sp³-hybridized carbons (Fsp3) is 0.500. The minimum Gasteiger partial charge on any atom is -0.478 e. The lowest BCUT2D eigenvalue weighted by Gasteiger charge is -2.10. The van der Waals surface area contributed by atoms with Crippen molar-refractivity contribution in [2.24, 2.45) is 0 Å². The van der Waals surface area contributed by atoms with Crippen molar-refractivity contribution < 1.29 is 14.6 Å². The van der Waals surface area contributed by atoms with Crippen LogP contribution in [0.1, 0.15) is 23.2 Å². The number of carboxylic acids is 1. The van der Waals surface area contributed by atoms with Crippen LogP contribution in [-0.2, 0) is 4.74 Å². The third-order valence-electron chi connectivity index (χ3n) is 2.41. The van der Waals surface area contributed by atoms with Crippen LogP contribution in [-0.4, -0.2) is 40.3 Å². The highest BCUT2D eigenvalue weighted by atomic mass is 16.5. The molecule has 0 aromatic carbocycles. The molecule has 1 aliphatic heterocycles. The van der Waals surface area contributed by atoms with Crippen molar-refractivity contribution in [3.8, 4) is 0 Å². The molecule has 1 atom stereocenters. The summed E-state index contributed by atoms with van der Waals surface area (Å²) in [5.41, 5.74) is 0.0858. The van der Waals surface area contributed by atoms with E-state index in [1.54, 1.807) is 0 Å². The molecule has 1 aromatic rings. The molecule has 0 spiro atoms. The van der Waals surface area contributed by atoms with E-state index in [1.165, 1.54) is 12.4 Å². The Morgan fingerprint density at radius 1 is 1.56 bits per heavy atom. The van der Waals surface area contributed by atoms with Crippen molar-refractivity contribution in [3.63, 3.8) is 0 Å². The molecule has 0 bridgehead atoms. The number of hydrogen-bond donors (Lipinski definition) is 2. The second kappa shape index (κ2) is 4.89. The third-order valence-corrected chi connectivity index (χ3v) is 2.41. The van der Waals surface area contributed by atoms with Crippen LogP contribution in [0, 0.1) is 0 Å². The van der Waals surface area contributed by atoms with Crippen LogP contribution in [0.4, 0.5) is 5.95 Å². The number of ether oxygens (including phenoxy) is 1. The smallest absolute Gasteiger partial charge is 0.338 e. The molecule has 0 amide bonds. The van der Waals surface area contributed by atoms with Crippen molar-refractivity contribution >= 4 is 11.9 Å². The van der Waals surface area contributed by atoms with Crippen LogP contribution in [0.25, 0.3) is 0 Å². The van der Waals surface area contributed by atoms with E-state index in [4.69, 9.17) is 9.84 Å². The van der Waals surface area contributed by atoms with E-state index in [2.05, 4.69) is 15.3 Å². The molecule has 6 nitrogen and oxygen atoms in total. The lowest BCUT2D eigenvalue weighted by atomic mass is 10.2. The largest absolute Gasteiger partial charge is 0.478 e. The number of rotatable bonds is 4. The predicted octanol–water partition coefficient (Wildman–Crippen LogP) is 0.766. The van der Waals surface area contributed by atoms with Crippen LogP contribution < -0.4 is 5.32 Å². The number of aromatic carboxylic acids is 1. The van der Waals surface area contributed by atoms with E-state index in [9.17, 15) is 4.79 Å². The minimum atomic E-state index is -1.02. The van der Waals surface area contributed by atoms with Crippen LogP contribution >= 0.6 is 0 Å². The normalized spacial score (nSPS) is 19.6. The lowest BCUT2D eigenvalue weighted by molar-refractivity contribution is 0.0696. The summed E-state index contributed by atoms with van der Waals surface area (Å²) in [4.78, 5) is 18.4. The second-order valence-corrected chi connectivity index (χ2v) is 3.62. The van der Waals surface area contributed by atoms with E-state index >= 15 is 0 Å². The molecule has 0 aliphatic carbocycles. The summed E-state index contributed by atoms with van der Waals surface area (Å²) in [6.45, 7) is 1.47. The van der Waals surface area contributed by atoms with Gasteiger partial charge in [-0.25, -0.2) is 14.8 Å². The Hall–Kier alpha value is -1.69. The van der Waals surface area contributed by atoms with Crippen molar-refractivity contribution in [1.82, 2.24) is 9.97 Å². The average Bonchev–Trinajstić information content (AvgIpc) is 2.80. The molecule has 1 aliphatic rings. The average molecular weight is 223 g/mol. The standard InChI is InChI=1S/C10H13N3O3/c14-9(15)7-4-11-10(12-5-7)13-6-8-2-1-3-16-8/h4-5,8H,1-3,6H2,(H,14,15)(H,11,12,13)/t8-/m1/s1. The molecule has 16 heavy (non-hydrogen) atoms. The van der Waals surface area contributed by atoms with Gasteiger partial charge in [0.15, 0.2) is 0 Å². The summed E-state index contributed by atoms with van der Waals surface area (Å²) < 4.78 is 5.42. The first-order chi connectivity index (χ1) is 7.75. The van der Waals surface area contributed by atoms with E-state index in [0.29, 0.717) is 12.5 Å². The van der Waals surface area contributed by atoms with Crippen LogP contribution in [0.2, 0.25) is 0 Å². The monoisotopic (exact) mass is 223 g/mol. The Morgan fingerprint density at radius 3 is 2.88 bits per heavy atom. The molecule has 86 valence electrons. The van der Waals surface area contributed by atoms with E-state index < -0.39 is 5.97 Å². The highest BCUT2D eigenvalue weighted by Crippen LogP contribution is 2.12. The number of carbonyl (C=O) groups is 1. The van der Waals surface area contributed by atoms with Crippen molar-refractivity contribution in [2.75, 3.05) is 18.5 Å². The molecule has 2 N–H and O–H groups in total. The number of nitrogens with one attached hydrogen (secondary N) is 1. The van der Waals surface area contributed by atoms with Gasteiger partial charge in [0.25, 0.3) is 0 Å². The number of nitrogens with zero attached hydrogens (tertiary/aromatic N) is 2. The Labute approximate surface area is 92.7 Å². The van der Waals surface area contributed by atoms with Gasteiger partial charge < -0.3 is 15.2 Å². The van der Waals surface area contributed by atoms with Gasteiger partial charge in [0, 0.05) is 25.5 Å². The predicted molar refractivity (Wildman–Crippen MR) is 56.5 cm³/mol. The molecule has 0 radical (unpaired) electrons. The third kappa shape index (κ3) is 2.66. The van der Waals surface area contributed by atoms with Gasteiger partial charge in [-0.1, -0.05) is 0 Å². The van der Waals surface area contributed by atoms with Gasteiger partial charge in [-0.15, -0.1) is 0 Å². The molecule has 0 unspecified atom stereocenters. The van der Waals surface area contributed by atoms with E-state index in [0.717, 1.165) is 19.4 Å². The number of hydrogen-bond acceptors (Lipinski definition) is 5. The van der Waals surface area contributed by atoms with Crippen molar-refractivity contribution in [2.45, 2.75) is 18.9 Å². The topological polar surface area (TPSA) is 84.3 Å². The van der Waals surface area contributed by atoms with Gasteiger partial charge >= 0.3 is 5.97 Å². The molecule has 2 rings (SSSR count). The first-order valence-corrected chi connectivity index (χ1v) is 5.16. The van der Waals surface area contributed by atoms with Gasteiger partial charge in [0.1, 0.15) is 0 Å². The molecule has 1 fully saturated rings. The zero-order chi connectivity index (χ0) is 11.4. The summed E-state index contributed by atoms with van der Waals surface area (Å²) in [5.74, 6) is -0.592. The summed E-state index contributed by atoms with van der Waals surface area (Å²) in [5, 5.41) is 11.7. The maximum absolute atomic E-state index is 10.6. The fourth-order valence-corrected chi connectivity index (χ4v) is 1.54. The van der Waals surface area contributed by atoms with Crippen molar-refractivity contribution in [3.05, 3.63) is 18.0 Å². The van der Waals surface area contributed by atoms with Crippen molar-refractivity contribution in [1.29, 1.82) is 0 Å². The highest BCUT2D eigenvalue weighted by molar-refractivity contribution is 5.86. The van der Waals surface area contributed by atoms with Gasteiger partial charge in [0.05, 0.1) is 11.7 Å². The van der Waals surface area contributed by atoms with Crippen LogP contribution in [0.15, 0.2) is 12.4 Å². The number of anilines is 1. The summed E-state index contributed by atoms with van der Waals surface area (Å²) >= 11 is 0. The van der Waals surface area contributed by atoms with Crippen LogP contribution in [0.3, 0.4) is 0 Å². The van der Waals surface area contributed by atoms with Gasteiger partial charge in [-0.05, 0) is 12.8 Å². The summed E-state index contributed by atoms with van der Waals surface area (Å²) in [6, 6.07) is 0. The number of carboxylic acid groups (broad SMARTS) is 1. The SMILES string of the molecule is O=C(O)c1cnc(NC[C@H]2CCCO2)nc1. The first-order valence-electron chi connectivity index (χ1n) is 5.16. The van der Waals surface area contributed by atoms with Gasteiger partial charge in [-0.2, -0.15) is 0 Å². The minimum absolute atomic E-state index is 0.0858. The Balaban J connectivity index is 1.87. The molecular weight excluding hydrogens is 210 g/mol. The highest BCUT2D eigenvalue weighted by Gasteiger charge is 2.15. The zero-order valence-corrected chi connectivity index (χ0v) is 8.72. The first kappa shape index (κ1) is 10.8. The molecule has 1 saturated heterocycles. The molecule has 6 heteroatoms. The van der Waals surface area contributed by atoms with E-state index in [-0.39, 0.29) is 11.7 Å². The summed E-state index contributed by atoms with van der Waals surface area (Å²) in [7, 11) is 0. The number of aromatic nitrogens is 2. The second-order valence-electron chi connectivity index (χ2n) is 3.62. The summed E-state index contributed by atoms with van der Waals surface area (Å²) in [6.07, 6.45) is 4.91. The van der Waals surface area contributed by atoms with Gasteiger partial charge in [0.2, 0.25) is 5.95 Å². The molecule has 0 saturated carbocycles. The fourth-order valence-electron chi connectivity index (χ4n) is 1.54. The Bertz CT molecular complexity index is 360. The molecular formula is C10H13N3O3. The Morgan fingerprint density at radius 2 is 2.31 bits per heavy atom. The van der Waals surface area contributed by atoms with Gasteiger partial charge in [-0.3, -0.25) is 0 Å². The maximum Gasteiger partial charge on any atom is 0.338 e. The lowest BCUT2D eigenvalue weighted by Crippen LogP contribution is -2.19. The molecule has 1 aromatic heterocycles. The van der Waals surface area contributed by atoms with E-state index in [1.807, 2.05) is 0 Å². The molecule has 2 heterocycles. The maximum atomic E-state index is 10.6. The Kier molecular flexibility index (Phi) is 3.31.